The zero-order chi connectivity index (χ0) is 17.4. The van der Waals surface area contributed by atoms with Gasteiger partial charge in [-0.25, -0.2) is 4.79 Å². The van der Waals surface area contributed by atoms with Gasteiger partial charge in [-0.1, -0.05) is 44.7 Å². The molecule has 132 valence electrons. The number of anilines is 1. The lowest BCUT2D eigenvalue weighted by Crippen LogP contribution is -2.48. The Morgan fingerprint density at radius 3 is 2.50 bits per heavy atom. The fourth-order valence-corrected chi connectivity index (χ4v) is 3.31. The lowest BCUT2D eigenvalue weighted by Gasteiger charge is -2.29. The highest BCUT2D eigenvalue weighted by molar-refractivity contribution is 5.90. The van der Waals surface area contributed by atoms with Crippen molar-refractivity contribution in [2.45, 2.75) is 64.3 Å². The van der Waals surface area contributed by atoms with Crippen molar-refractivity contribution in [1.29, 1.82) is 0 Å². The van der Waals surface area contributed by atoms with Crippen LogP contribution in [0, 0.1) is 5.92 Å². The van der Waals surface area contributed by atoms with Gasteiger partial charge in [-0.2, -0.15) is 0 Å². The van der Waals surface area contributed by atoms with E-state index >= 15 is 0 Å². The topological polar surface area (TPSA) is 84.2 Å². The molecule has 5 nitrogen and oxygen atoms in total. The second-order valence-electron chi connectivity index (χ2n) is 6.65. The number of hydrogen-bond acceptors (Lipinski definition) is 2. The molecule has 0 saturated heterocycles. The molecule has 2 atom stereocenters. The number of primary amides is 1. The van der Waals surface area contributed by atoms with E-state index in [1.54, 1.807) is 0 Å². The van der Waals surface area contributed by atoms with E-state index in [0.717, 1.165) is 37.8 Å². The molecule has 5 heteroatoms. The van der Waals surface area contributed by atoms with E-state index in [2.05, 4.69) is 29.7 Å². The van der Waals surface area contributed by atoms with Crippen molar-refractivity contribution in [3.05, 3.63) is 29.8 Å². The van der Waals surface area contributed by atoms with Crippen LogP contribution < -0.4 is 16.4 Å². The monoisotopic (exact) mass is 331 g/mol. The average molecular weight is 331 g/mol. The predicted molar refractivity (Wildman–Crippen MR) is 96.8 cm³/mol. The standard InChI is InChI=1S/C19H29N3O2/c1-2-3-4-7-14-10-12-15(13-11-14)21-19(24)22-17-9-6-5-8-16(17)18(20)23/h10-13,16-17H,2-9H2,1H3,(H2,20,23)(H2,21,22,24)/t16-,17+/m0/s1. The fourth-order valence-electron chi connectivity index (χ4n) is 3.31. The number of carbonyl (C=O) groups is 2. The Balaban J connectivity index is 1.84. The fraction of sp³-hybridized carbons (Fsp3) is 0.579. The van der Waals surface area contributed by atoms with Gasteiger partial charge in [-0.05, 0) is 43.4 Å². The van der Waals surface area contributed by atoms with Gasteiger partial charge < -0.3 is 16.4 Å². The lowest BCUT2D eigenvalue weighted by atomic mass is 9.84. The van der Waals surface area contributed by atoms with E-state index in [-0.39, 0.29) is 23.9 Å². The van der Waals surface area contributed by atoms with E-state index in [1.807, 2.05) is 12.1 Å². The number of hydrogen-bond donors (Lipinski definition) is 3. The Bertz CT molecular complexity index is 542. The number of benzene rings is 1. The summed E-state index contributed by atoms with van der Waals surface area (Å²) in [5.41, 5.74) is 7.49. The smallest absolute Gasteiger partial charge is 0.319 e. The second-order valence-corrected chi connectivity index (χ2v) is 6.65. The molecule has 0 aliphatic heterocycles. The first-order valence-corrected chi connectivity index (χ1v) is 9.06. The van der Waals surface area contributed by atoms with Crippen LogP contribution >= 0.6 is 0 Å². The van der Waals surface area contributed by atoms with Crippen molar-refractivity contribution in [1.82, 2.24) is 5.32 Å². The van der Waals surface area contributed by atoms with Gasteiger partial charge >= 0.3 is 6.03 Å². The quantitative estimate of drug-likeness (QED) is 0.667. The van der Waals surface area contributed by atoms with Crippen molar-refractivity contribution in [2.24, 2.45) is 11.7 Å². The molecule has 3 amide bonds. The molecule has 1 saturated carbocycles. The van der Waals surface area contributed by atoms with Gasteiger partial charge in [0.2, 0.25) is 5.91 Å². The van der Waals surface area contributed by atoms with E-state index < -0.39 is 0 Å². The molecule has 24 heavy (non-hydrogen) atoms. The summed E-state index contributed by atoms with van der Waals surface area (Å²) in [5.74, 6) is -0.582. The van der Waals surface area contributed by atoms with Crippen molar-refractivity contribution in [3.8, 4) is 0 Å². The Morgan fingerprint density at radius 1 is 1.12 bits per heavy atom. The second kappa shape index (κ2) is 9.30. The van der Waals surface area contributed by atoms with Crippen LogP contribution in [0.15, 0.2) is 24.3 Å². The molecular weight excluding hydrogens is 302 g/mol. The number of urea groups is 1. The van der Waals surface area contributed by atoms with Crippen LogP contribution in [0.25, 0.3) is 0 Å². The number of nitrogens with one attached hydrogen (secondary N) is 2. The molecule has 0 spiro atoms. The molecule has 1 aromatic carbocycles. The summed E-state index contributed by atoms with van der Waals surface area (Å²) in [5, 5.41) is 5.75. The lowest BCUT2D eigenvalue weighted by molar-refractivity contribution is -0.123. The third kappa shape index (κ3) is 5.55. The number of rotatable bonds is 7. The Morgan fingerprint density at radius 2 is 1.83 bits per heavy atom. The van der Waals surface area contributed by atoms with Crippen LogP contribution in [0.2, 0.25) is 0 Å². The first kappa shape index (κ1) is 18.3. The highest BCUT2D eigenvalue weighted by Crippen LogP contribution is 2.24. The Kier molecular flexibility index (Phi) is 7.09. The van der Waals surface area contributed by atoms with Gasteiger partial charge in [-0.3, -0.25) is 4.79 Å². The van der Waals surface area contributed by atoms with Crippen LogP contribution in [0.5, 0.6) is 0 Å². The van der Waals surface area contributed by atoms with Crippen molar-refractivity contribution in [2.75, 3.05) is 5.32 Å². The molecule has 0 unspecified atom stereocenters. The summed E-state index contributed by atoms with van der Waals surface area (Å²) in [6.07, 6.45) is 8.29. The van der Waals surface area contributed by atoms with Crippen molar-refractivity contribution in [3.63, 3.8) is 0 Å². The molecule has 0 bridgehead atoms. The van der Waals surface area contributed by atoms with Gasteiger partial charge in [0.1, 0.15) is 0 Å². The normalized spacial score (nSPS) is 20.4. The maximum atomic E-state index is 12.2. The van der Waals surface area contributed by atoms with E-state index in [4.69, 9.17) is 5.73 Å². The molecule has 0 heterocycles. The molecular formula is C19H29N3O2. The summed E-state index contributed by atoms with van der Waals surface area (Å²) in [7, 11) is 0. The van der Waals surface area contributed by atoms with Gasteiger partial charge in [0.15, 0.2) is 0 Å². The molecule has 2 rings (SSSR count). The first-order chi connectivity index (χ1) is 11.6. The average Bonchev–Trinajstić information content (AvgIpc) is 2.57. The highest BCUT2D eigenvalue weighted by Gasteiger charge is 2.30. The molecule has 0 radical (unpaired) electrons. The van der Waals surface area contributed by atoms with Gasteiger partial charge in [0.05, 0.1) is 5.92 Å². The molecule has 1 aliphatic carbocycles. The molecule has 4 N–H and O–H groups in total. The van der Waals surface area contributed by atoms with E-state index in [0.29, 0.717) is 0 Å². The molecule has 1 aliphatic rings. The van der Waals surface area contributed by atoms with Crippen LogP contribution in [0.3, 0.4) is 0 Å². The van der Waals surface area contributed by atoms with Gasteiger partial charge in [0.25, 0.3) is 0 Å². The van der Waals surface area contributed by atoms with Crippen LogP contribution in [-0.4, -0.2) is 18.0 Å². The maximum absolute atomic E-state index is 12.2. The molecule has 1 aromatic rings. The number of aryl methyl sites for hydroxylation is 1. The Hall–Kier alpha value is -2.04. The summed E-state index contributed by atoms with van der Waals surface area (Å²) < 4.78 is 0. The predicted octanol–water partition coefficient (Wildman–Crippen LogP) is 3.58. The van der Waals surface area contributed by atoms with E-state index in [9.17, 15) is 9.59 Å². The van der Waals surface area contributed by atoms with E-state index in [1.165, 1.54) is 24.8 Å². The molecule has 1 fully saturated rings. The van der Waals surface area contributed by atoms with Crippen LogP contribution in [0.4, 0.5) is 10.5 Å². The van der Waals surface area contributed by atoms with Crippen molar-refractivity contribution >= 4 is 17.6 Å². The minimum atomic E-state index is -0.323. The third-order valence-electron chi connectivity index (χ3n) is 4.73. The van der Waals surface area contributed by atoms with Gasteiger partial charge in [-0.15, -0.1) is 0 Å². The highest BCUT2D eigenvalue weighted by atomic mass is 16.2. The zero-order valence-electron chi connectivity index (χ0n) is 14.5. The largest absolute Gasteiger partial charge is 0.369 e. The van der Waals surface area contributed by atoms with Crippen LogP contribution in [0.1, 0.15) is 57.4 Å². The summed E-state index contributed by atoms with van der Waals surface area (Å²) in [4.78, 5) is 23.7. The first-order valence-electron chi connectivity index (χ1n) is 9.06. The summed E-state index contributed by atoms with van der Waals surface area (Å²) in [6.45, 7) is 2.20. The third-order valence-corrected chi connectivity index (χ3v) is 4.73. The SMILES string of the molecule is CCCCCc1ccc(NC(=O)N[C@@H]2CCCC[C@@H]2C(N)=O)cc1. The zero-order valence-corrected chi connectivity index (χ0v) is 14.5. The summed E-state index contributed by atoms with van der Waals surface area (Å²) >= 11 is 0. The number of carbonyl (C=O) groups excluding carboxylic acids is 2. The number of nitrogens with two attached hydrogens (primary N) is 1. The number of amides is 3. The summed E-state index contributed by atoms with van der Waals surface area (Å²) in [6, 6.07) is 7.52. The Labute approximate surface area is 144 Å². The van der Waals surface area contributed by atoms with Gasteiger partial charge in [0, 0.05) is 11.7 Å². The number of unbranched alkanes of at least 4 members (excludes halogenated alkanes) is 2. The maximum Gasteiger partial charge on any atom is 0.319 e. The molecule has 0 aromatic heterocycles. The van der Waals surface area contributed by atoms with Crippen molar-refractivity contribution < 1.29 is 9.59 Å². The minimum absolute atomic E-state index is 0.162. The van der Waals surface area contributed by atoms with Crippen LogP contribution in [-0.2, 0) is 11.2 Å². The minimum Gasteiger partial charge on any atom is -0.369 e.